The second kappa shape index (κ2) is 7.85. The molecule has 0 heterocycles. The van der Waals surface area contributed by atoms with Crippen molar-refractivity contribution in [2.45, 2.75) is 26.4 Å². The third-order valence-corrected chi connectivity index (χ3v) is 6.29. The van der Waals surface area contributed by atoms with E-state index >= 15 is 0 Å². The van der Waals surface area contributed by atoms with Crippen LogP contribution in [0.5, 0.6) is 0 Å². The second-order valence-corrected chi connectivity index (χ2v) is 9.21. The highest BCUT2D eigenvalue weighted by Crippen LogP contribution is 2.34. The van der Waals surface area contributed by atoms with Crippen LogP contribution in [-0.4, -0.2) is 11.6 Å². The molecule has 3 heteroatoms. The molecule has 0 spiro atoms. The lowest BCUT2D eigenvalue weighted by atomic mass is 10.1. The first kappa shape index (κ1) is 18.4. The predicted molar refractivity (Wildman–Crippen MR) is 110 cm³/mol. The highest BCUT2D eigenvalue weighted by Gasteiger charge is 2.25. The molecule has 0 radical (unpaired) electrons. The van der Waals surface area contributed by atoms with Gasteiger partial charge in [0.2, 0.25) is 0 Å². The molecule has 0 unspecified atom stereocenters. The van der Waals surface area contributed by atoms with Crippen molar-refractivity contribution in [3.05, 3.63) is 90.5 Å². The quantitative estimate of drug-likeness (QED) is 0.508. The van der Waals surface area contributed by atoms with E-state index in [1.807, 2.05) is 81.4 Å². The molecule has 0 aliphatic rings. The lowest BCUT2D eigenvalue weighted by Gasteiger charge is -2.24. The molecule has 0 saturated carbocycles. The van der Waals surface area contributed by atoms with Crippen LogP contribution in [-0.2, 0) is 4.74 Å². The van der Waals surface area contributed by atoms with E-state index in [9.17, 15) is 4.79 Å². The van der Waals surface area contributed by atoms with E-state index in [1.165, 1.54) is 10.6 Å². The van der Waals surface area contributed by atoms with Crippen molar-refractivity contribution in [1.82, 2.24) is 0 Å². The third kappa shape index (κ3) is 4.39. The van der Waals surface area contributed by atoms with Gasteiger partial charge in [-0.05, 0) is 50.7 Å². The maximum absolute atomic E-state index is 12.8. The second-order valence-electron chi connectivity index (χ2n) is 7.03. The number of hydrogen-bond donors (Lipinski definition) is 0. The molecule has 26 heavy (non-hydrogen) atoms. The molecule has 0 amide bonds. The molecule has 3 aromatic rings. The average Bonchev–Trinajstić information content (AvgIpc) is 2.63. The molecule has 0 aromatic heterocycles. The molecule has 3 aromatic carbocycles. The minimum Gasteiger partial charge on any atom is -0.456 e. The number of carbonyl (C=O) groups is 1. The van der Waals surface area contributed by atoms with Crippen molar-refractivity contribution in [3.8, 4) is 0 Å². The molecular weight excluding hydrogens is 339 g/mol. The molecule has 3 rings (SSSR count). The third-order valence-electron chi connectivity index (χ3n) is 3.79. The normalized spacial score (nSPS) is 11.4. The molecule has 132 valence electrons. The lowest BCUT2D eigenvalue weighted by Crippen LogP contribution is -2.29. The fourth-order valence-corrected chi connectivity index (χ4v) is 5.19. The summed E-state index contributed by atoms with van der Waals surface area (Å²) >= 11 is 0. The van der Waals surface area contributed by atoms with E-state index in [-0.39, 0.29) is 5.97 Å². The molecule has 0 atom stereocenters. The summed E-state index contributed by atoms with van der Waals surface area (Å²) in [5.41, 5.74) is 0.119. The largest absolute Gasteiger partial charge is 0.456 e. The Morgan fingerprint density at radius 3 is 1.69 bits per heavy atom. The summed E-state index contributed by atoms with van der Waals surface area (Å²) in [6.07, 6.45) is 0. The summed E-state index contributed by atoms with van der Waals surface area (Å²) in [6.45, 7) is 5.68. The van der Waals surface area contributed by atoms with Crippen LogP contribution in [0.15, 0.2) is 84.9 Å². The number of benzene rings is 3. The zero-order valence-electron chi connectivity index (χ0n) is 15.3. The zero-order valence-corrected chi connectivity index (χ0v) is 16.2. The van der Waals surface area contributed by atoms with Gasteiger partial charge in [-0.15, -0.1) is 0 Å². The van der Waals surface area contributed by atoms with Crippen molar-refractivity contribution < 1.29 is 9.53 Å². The van der Waals surface area contributed by atoms with E-state index < -0.39 is 13.5 Å². The van der Waals surface area contributed by atoms with Crippen LogP contribution < -0.4 is 15.9 Å². The van der Waals surface area contributed by atoms with Gasteiger partial charge in [-0.25, -0.2) is 4.79 Å². The van der Waals surface area contributed by atoms with Gasteiger partial charge in [0, 0.05) is 0 Å². The van der Waals surface area contributed by atoms with Crippen LogP contribution in [0.4, 0.5) is 0 Å². The van der Waals surface area contributed by atoms with E-state index in [0.29, 0.717) is 5.56 Å². The summed E-state index contributed by atoms with van der Waals surface area (Å²) in [5.74, 6) is -0.271. The summed E-state index contributed by atoms with van der Waals surface area (Å²) in [6, 6.07) is 28.5. The number of rotatable bonds is 4. The molecule has 0 N–H and O–H groups in total. The van der Waals surface area contributed by atoms with E-state index in [4.69, 9.17) is 4.74 Å². The number of hydrogen-bond acceptors (Lipinski definition) is 2. The van der Waals surface area contributed by atoms with Gasteiger partial charge in [-0.3, -0.25) is 0 Å². The highest BCUT2D eigenvalue weighted by atomic mass is 31.1. The minimum atomic E-state index is -0.842. The molecule has 0 fully saturated rings. The predicted octanol–water partition coefficient (Wildman–Crippen LogP) is 4.40. The van der Waals surface area contributed by atoms with Crippen molar-refractivity contribution in [2.24, 2.45) is 0 Å². The topological polar surface area (TPSA) is 26.3 Å². The highest BCUT2D eigenvalue weighted by molar-refractivity contribution is 7.80. The monoisotopic (exact) mass is 362 g/mol. The van der Waals surface area contributed by atoms with Gasteiger partial charge in [0.1, 0.15) is 5.60 Å². The first-order valence-electron chi connectivity index (χ1n) is 8.68. The Bertz CT molecular complexity index is 828. The number of ether oxygens (including phenoxy) is 1. The first-order valence-corrected chi connectivity index (χ1v) is 10.0. The van der Waals surface area contributed by atoms with Crippen LogP contribution in [0.3, 0.4) is 0 Å². The molecule has 2 nitrogen and oxygen atoms in total. The van der Waals surface area contributed by atoms with Gasteiger partial charge < -0.3 is 4.74 Å². The van der Waals surface area contributed by atoms with Crippen molar-refractivity contribution in [1.29, 1.82) is 0 Å². The summed E-state index contributed by atoms with van der Waals surface area (Å²) in [5, 5.41) is 3.45. The summed E-state index contributed by atoms with van der Waals surface area (Å²) < 4.78 is 5.66. The molecule has 0 aliphatic heterocycles. The maximum Gasteiger partial charge on any atom is 0.339 e. The molecule has 0 saturated heterocycles. The Kier molecular flexibility index (Phi) is 5.54. The zero-order chi connectivity index (χ0) is 18.6. The van der Waals surface area contributed by atoms with Crippen LogP contribution in [0.25, 0.3) is 0 Å². The molecule has 0 bridgehead atoms. The van der Waals surface area contributed by atoms with Gasteiger partial charge in [0.05, 0.1) is 5.56 Å². The smallest absolute Gasteiger partial charge is 0.339 e. The van der Waals surface area contributed by atoms with Crippen LogP contribution >= 0.6 is 7.92 Å². The van der Waals surface area contributed by atoms with Gasteiger partial charge in [-0.1, -0.05) is 78.9 Å². The standard InChI is InChI=1S/C23H23O2P/c1-23(2,3)25-22(24)20-16-10-11-17-21(20)26(18-12-6-4-7-13-18)19-14-8-5-9-15-19/h4-17H,1-3H3. The Hall–Kier alpha value is -2.44. The summed E-state index contributed by atoms with van der Waals surface area (Å²) in [7, 11) is -0.842. The SMILES string of the molecule is CC(C)(C)OC(=O)c1ccccc1P(c1ccccc1)c1ccccc1. The molecular formula is C23H23O2P. The van der Waals surface area contributed by atoms with Crippen molar-refractivity contribution in [2.75, 3.05) is 0 Å². The Morgan fingerprint density at radius 1 is 0.731 bits per heavy atom. The van der Waals surface area contributed by atoms with E-state index in [1.54, 1.807) is 0 Å². The van der Waals surface area contributed by atoms with Crippen molar-refractivity contribution in [3.63, 3.8) is 0 Å². The molecule has 0 aliphatic carbocycles. The Labute approximate surface area is 156 Å². The van der Waals surface area contributed by atoms with Crippen LogP contribution in [0.1, 0.15) is 31.1 Å². The van der Waals surface area contributed by atoms with Gasteiger partial charge in [0.15, 0.2) is 0 Å². The van der Waals surface area contributed by atoms with E-state index in [2.05, 4.69) is 24.3 Å². The van der Waals surface area contributed by atoms with Gasteiger partial charge in [0.25, 0.3) is 0 Å². The first-order chi connectivity index (χ1) is 12.5. The van der Waals surface area contributed by atoms with Crippen molar-refractivity contribution >= 4 is 29.8 Å². The minimum absolute atomic E-state index is 0.271. The maximum atomic E-state index is 12.8. The average molecular weight is 362 g/mol. The number of carbonyl (C=O) groups excluding carboxylic acids is 1. The van der Waals surface area contributed by atoms with Crippen LogP contribution in [0, 0.1) is 0 Å². The summed E-state index contributed by atoms with van der Waals surface area (Å²) in [4.78, 5) is 12.8. The fourth-order valence-electron chi connectivity index (χ4n) is 2.76. The van der Waals surface area contributed by atoms with Gasteiger partial charge >= 0.3 is 5.97 Å². The number of esters is 1. The van der Waals surface area contributed by atoms with E-state index in [0.717, 1.165) is 5.30 Å². The Morgan fingerprint density at radius 2 is 1.19 bits per heavy atom. The fraction of sp³-hybridized carbons (Fsp3) is 0.174. The lowest BCUT2D eigenvalue weighted by molar-refractivity contribution is 0.00712. The Balaban J connectivity index is 2.13. The van der Waals surface area contributed by atoms with Gasteiger partial charge in [-0.2, -0.15) is 0 Å². The van der Waals surface area contributed by atoms with Crippen LogP contribution in [0.2, 0.25) is 0 Å².